The molecule has 2 aromatic carbocycles. The summed E-state index contributed by atoms with van der Waals surface area (Å²) in [5, 5.41) is 4.29. The highest BCUT2D eigenvalue weighted by Crippen LogP contribution is 2.28. The van der Waals surface area contributed by atoms with Crippen LogP contribution in [-0.4, -0.2) is 16.9 Å². The van der Waals surface area contributed by atoms with E-state index in [9.17, 15) is 4.79 Å². The van der Waals surface area contributed by atoms with E-state index in [2.05, 4.69) is 40.6 Å². The number of aromatic amines is 1. The smallest absolute Gasteiger partial charge is 0.253 e. The number of hydrogen-bond donors (Lipinski definition) is 2. The number of carbonyl (C=O) groups is 1. The van der Waals surface area contributed by atoms with Gasteiger partial charge in [-0.1, -0.05) is 48.5 Å². The van der Waals surface area contributed by atoms with E-state index in [1.165, 1.54) is 18.4 Å². The van der Waals surface area contributed by atoms with E-state index in [0.717, 1.165) is 47.3 Å². The molecule has 1 amide bonds. The molecule has 1 aliphatic carbocycles. The second-order valence-corrected chi connectivity index (χ2v) is 7.55. The number of hydrogen-bond acceptors (Lipinski definition) is 1. The predicted octanol–water partition coefficient (Wildman–Crippen LogP) is 5.01. The van der Waals surface area contributed by atoms with Crippen molar-refractivity contribution in [1.82, 2.24) is 10.3 Å². The van der Waals surface area contributed by atoms with Crippen LogP contribution in [-0.2, 0) is 6.42 Å². The largest absolute Gasteiger partial charge is 0.358 e. The van der Waals surface area contributed by atoms with Crippen molar-refractivity contribution in [1.29, 1.82) is 0 Å². The van der Waals surface area contributed by atoms with Crippen molar-refractivity contribution in [2.75, 3.05) is 0 Å². The zero-order valence-corrected chi connectivity index (χ0v) is 15.3. The number of benzene rings is 2. The minimum atomic E-state index is 0.0615. The van der Waals surface area contributed by atoms with Crippen LogP contribution in [0, 0.1) is 12.8 Å². The average molecular weight is 346 g/mol. The van der Waals surface area contributed by atoms with E-state index in [1.807, 2.05) is 31.2 Å². The van der Waals surface area contributed by atoms with Crippen molar-refractivity contribution in [3.05, 3.63) is 71.4 Å². The van der Waals surface area contributed by atoms with E-state index >= 15 is 0 Å². The lowest BCUT2D eigenvalue weighted by atomic mass is 9.82. The highest BCUT2D eigenvalue weighted by molar-refractivity contribution is 6.08. The summed E-state index contributed by atoms with van der Waals surface area (Å²) in [5.74, 6) is 0.798. The highest BCUT2D eigenvalue weighted by atomic mass is 16.1. The Hall–Kier alpha value is -2.55. The van der Waals surface area contributed by atoms with Crippen LogP contribution in [0.5, 0.6) is 0 Å². The molecule has 2 N–H and O–H groups in total. The molecule has 0 bridgehead atoms. The quantitative estimate of drug-likeness (QED) is 0.685. The van der Waals surface area contributed by atoms with Gasteiger partial charge in [0.1, 0.15) is 0 Å². The first kappa shape index (κ1) is 16.9. The lowest BCUT2D eigenvalue weighted by molar-refractivity contribution is 0.0923. The van der Waals surface area contributed by atoms with Crippen molar-refractivity contribution in [3.8, 4) is 0 Å². The average Bonchev–Trinajstić information content (AvgIpc) is 3.00. The zero-order chi connectivity index (χ0) is 17.9. The summed E-state index contributed by atoms with van der Waals surface area (Å²) in [6.45, 7) is 1.98. The fraction of sp³-hybridized carbons (Fsp3) is 0.348. The van der Waals surface area contributed by atoms with Gasteiger partial charge in [0.05, 0.1) is 5.56 Å². The van der Waals surface area contributed by atoms with Crippen LogP contribution in [0.3, 0.4) is 0 Å². The third-order valence-corrected chi connectivity index (χ3v) is 5.67. The lowest BCUT2D eigenvalue weighted by Crippen LogP contribution is -2.38. The Bertz CT molecular complexity index is 889. The molecule has 4 rings (SSSR count). The summed E-state index contributed by atoms with van der Waals surface area (Å²) >= 11 is 0. The second kappa shape index (κ2) is 7.36. The Morgan fingerprint density at radius 1 is 1.00 bits per heavy atom. The van der Waals surface area contributed by atoms with Gasteiger partial charge in [0.2, 0.25) is 0 Å². The number of aryl methyl sites for hydroxylation is 1. The molecule has 1 saturated carbocycles. The van der Waals surface area contributed by atoms with Crippen LogP contribution >= 0.6 is 0 Å². The molecule has 26 heavy (non-hydrogen) atoms. The second-order valence-electron chi connectivity index (χ2n) is 7.55. The number of H-pyrrole nitrogens is 1. The first-order valence-electron chi connectivity index (χ1n) is 9.63. The molecule has 1 fully saturated rings. The first-order chi connectivity index (χ1) is 12.7. The molecule has 1 heterocycles. The summed E-state index contributed by atoms with van der Waals surface area (Å²) in [4.78, 5) is 16.2. The molecule has 0 atom stereocenters. The van der Waals surface area contributed by atoms with Crippen LogP contribution < -0.4 is 5.32 Å². The Balaban J connectivity index is 1.37. The molecule has 1 aliphatic rings. The van der Waals surface area contributed by atoms with Crippen molar-refractivity contribution in [2.45, 2.75) is 45.1 Å². The highest BCUT2D eigenvalue weighted by Gasteiger charge is 2.24. The van der Waals surface area contributed by atoms with E-state index < -0.39 is 0 Å². The molecule has 0 aliphatic heterocycles. The Labute approximate surface area is 154 Å². The van der Waals surface area contributed by atoms with Gasteiger partial charge in [0, 0.05) is 22.6 Å². The number of fused-ring (bicyclic) bond motifs is 1. The summed E-state index contributed by atoms with van der Waals surface area (Å²) in [7, 11) is 0. The van der Waals surface area contributed by atoms with Gasteiger partial charge in [-0.3, -0.25) is 4.79 Å². The standard InChI is InChI=1S/C23H26N2O/c1-16-22(20-9-5-6-10-21(20)24-16)23(26)25-19-13-11-18(12-14-19)15-17-7-3-2-4-8-17/h2-10,18-19,24H,11-15H2,1H3,(H,25,26)/t18-,19-. The number of rotatable bonds is 4. The van der Waals surface area contributed by atoms with E-state index in [0.29, 0.717) is 6.04 Å². The van der Waals surface area contributed by atoms with E-state index in [-0.39, 0.29) is 5.91 Å². The van der Waals surface area contributed by atoms with Crippen LogP contribution in [0.1, 0.15) is 47.3 Å². The van der Waals surface area contributed by atoms with Gasteiger partial charge in [-0.05, 0) is 56.6 Å². The molecule has 0 unspecified atom stereocenters. The number of nitrogens with one attached hydrogen (secondary N) is 2. The van der Waals surface area contributed by atoms with Gasteiger partial charge in [0.25, 0.3) is 5.91 Å². The zero-order valence-electron chi connectivity index (χ0n) is 15.3. The number of carbonyl (C=O) groups excluding carboxylic acids is 1. The number of aromatic nitrogens is 1. The molecule has 3 aromatic rings. The minimum Gasteiger partial charge on any atom is -0.358 e. The normalized spacial score (nSPS) is 20.2. The lowest BCUT2D eigenvalue weighted by Gasteiger charge is -2.29. The molecule has 0 radical (unpaired) electrons. The van der Waals surface area contributed by atoms with Crippen LogP contribution in [0.15, 0.2) is 54.6 Å². The van der Waals surface area contributed by atoms with Crippen molar-refractivity contribution < 1.29 is 4.79 Å². The van der Waals surface area contributed by atoms with Gasteiger partial charge in [-0.25, -0.2) is 0 Å². The number of amides is 1. The molecular formula is C23H26N2O. The van der Waals surface area contributed by atoms with E-state index in [1.54, 1.807) is 0 Å². The maximum atomic E-state index is 12.9. The third-order valence-electron chi connectivity index (χ3n) is 5.67. The van der Waals surface area contributed by atoms with Crippen LogP contribution in [0.4, 0.5) is 0 Å². The predicted molar refractivity (Wildman–Crippen MR) is 106 cm³/mol. The Morgan fingerprint density at radius 3 is 2.46 bits per heavy atom. The Morgan fingerprint density at radius 2 is 1.69 bits per heavy atom. The third kappa shape index (κ3) is 3.52. The fourth-order valence-electron chi connectivity index (χ4n) is 4.29. The van der Waals surface area contributed by atoms with Gasteiger partial charge in [-0.15, -0.1) is 0 Å². The summed E-state index contributed by atoms with van der Waals surface area (Å²) in [6.07, 6.45) is 5.68. The van der Waals surface area contributed by atoms with Gasteiger partial charge in [-0.2, -0.15) is 0 Å². The van der Waals surface area contributed by atoms with Gasteiger partial charge in [0.15, 0.2) is 0 Å². The maximum absolute atomic E-state index is 12.9. The molecule has 0 saturated heterocycles. The molecular weight excluding hydrogens is 320 g/mol. The summed E-state index contributed by atoms with van der Waals surface area (Å²) in [5.41, 5.74) is 4.20. The van der Waals surface area contributed by atoms with Crippen LogP contribution in [0.25, 0.3) is 10.9 Å². The van der Waals surface area contributed by atoms with Crippen molar-refractivity contribution in [2.24, 2.45) is 5.92 Å². The topological polar surface area (TPSA) is 44.9 Å². The summed E-state index contributed by atoms with van der Waals surface area (Å²) < 4.78 is 0. The molecule has 3 heteroatoms. The van der Waals surface area contributed by atoms with E-state index in [4.69, 9.17) is 0 Å². The Kier molecular flexibility index (Phi) is 4.79. The maximum Gasteiger partial charge on any atom is 0.253 e. The van der Waals surface area contributed by atoms with Gasteiger partial charge >= 0.3 is 0 Å². The molecule has 134 valence electrons. The SMILES string of the molecule is Cc1[nH]c2ccccc2c1C(=O)N[C@H]1CC[C@H](Cc2ccccc2)CC1. The first-order valence-corrected chi connectivity index (χ1v) is 9.63. The van der Waals surface area contributed by atoms with Crippen LogP contribution in [0.2, 0.25) is 0 Å². The van der Waals surface area contributed by atoms with Crippen molar-refractivity contribution in [3.63, 3.8) is 0 Å². The summed E-state index contributed by atoms with van der Waals surface area (Å²) in [6, 6.07) is 19.1. The molecule has 0 spiro atoms. The molecule has 1 aromatic heterocycles. The number of para-hydroxylation sites is 1. The monoisotopic (exact) mass is 346 g/mol. The fourth-order valence-corrected chi connectivity index (χ4v) is 4.29. The molecule has 3 nitrogen and oxygen atoms in total. The minimum absolute atomic E-state index is 0.0615. The van der Waals surface area contributed by atoms with Gasteiger partial charge < -0.3 is 10.3 Å². The van der Waals surface area contributed by atoms with Crippen molar-refractivity contribution >= 4 is 16.8 Å².